The fourth-order valence-electron chi connectivity index (χ4n) is 1.90. The van der Waals surface area contributed by atoms with Gasteiger partial charge in [0.15, 0.2) is 0 Å². The highest BCUT2D eigenvalue weighted by atomic mass is 32.2. The Morgan fingerprint density at radius 3 is 2.07 bits per heavy atom. The molecule has 1 aliphatic rings. The average molecular weight is 235 g/mol. The quantitative estimate of drug-likeness (QED) is 0.709. The van der Waals surface area contributed by atoms with Crippen molar-refractivity contribution in [2.24, 2.45) is 5.14 Å². The molecular formula is C9H21N3O2S. The molecule has 0 unspecified atom stereocenters. The average Bonchev–Trinajstić information content (AvgIpc) is 2.00. The van der Waals surface area contributed by atoms with Gasteiger partial charge >= 0.3 is 0 Å². The fraction of sp³-hybridized carbons (Fsp3) is 1.00. The van der Waals surface area contributed by atoms with Gasteiger partial charge < -0.3 is 0 Å². The van der Waals surface area contributed by atoms with Crippen molar-refractivity contribution in [2.45, 2.75) is 45.2 Å². The smallest absolute Gasteiger partial charge is 0.274 e. The van der Waals surface area contributed by atoms with Gasteiger partial charge in [-0.2, -0.15) is 13.1 Å². The maximum Gasteiger partial charge on any atom is 0.274 e. The first-order valence-corrected chi connectivity index (χ1v) is 6.78. The lowest BCUT2D eigenvalue weighted by Gasteiger charge is -2.40. The van der Waals surface area contributed by atoms with E-state index in [1.807, 2.05) is 0 Å². The second-order valence-corrected chi connectivity index (χ2v) is 6.42. The lowest BCUT2D eigenvalue weighted by molar-refractivity contribution is 0.100. The zero-order valence-electron chi connectivity index (χ0n) is 9.66. The highest BCUT2D eigenvalue weighted by Crippen LogP contribution is 2.20. The first-order valence-electron chi connectivity index (χ1n) is 5.23. The van der Waals surface area contributed by atoms with E-state index in [2.05, 4.69) is 30.4 Å². The lowest BCUT2D eigenvalue weighted by atomic mass is 9.99. The van der Waals surface area contributed by atoms with Gasteiger partial charge in [0.1, 0.15) is 0 Å². The van der Waals surface area contributed by atoms with E-state index in [9.17, 15) is 8.42 Å². The molecule has 1 saturated heterocycles. The molecule has 0 radical (unpaired) electrons. The van der Waals surface area contributed by atoms with Gasteiger partial charge in [0.05, 0.1) is 0 Å². The largest absolute Gasteiger partial charge is 0.298 e. The lowest BCUT2D eigenvalue weighted by Crippen LogP contribution is -2.51. The van der Waals surface area contributed by atoms with Gasteiger partial charge in [-0.3, -0.25) is 4.90 Å². The number of nitrogens with two attached hydrogens (primary N) is 1. The Kier molecular flexibility index (Phi) is 3.76. The maximum atomic E-state index is 10.8. The zero-order chi connectivity index (χ0) is 11.7. The summed E-state index contributed by atoms with van der Waals surface area (Å²) < 4.78 is 24.1. The number of rotatable bonds is 2. The molecule has 0 atom stereocenters. The summed E-state index contributed by atoms with van der Waals surface area (Å²) >= 11 is 0. The van der Waals surface area contributed by atoms with Crippen molar-refractivity contribution in [3.63, 3.8) is 0 Å². The predicted octanol–water partition coefficient (Wildman–Crippen LogP) is 0.0424. The molecule has 0 aromatic carbocycles. The fourth-order valence-corrected chi connectivity index (χ4v) is 2.60. The Morgan fingerprint density at radius 1 is 1.27 bits per heavy atom. The molecule has 0 aliphatic carbocycles. The third-order valence-electron chi connectivity index (χ3n) is 2.77. The van der Waals surface area contributed by atoms with Gasteiger partial charge in [-0.1, -0.05) is 0 Å². The van der Waals surface area contributed by atoms with Gasteiger partial charge in [0, 0.05) is 24.7 Å². The normalized spacial score (nSPS) is 21.9. The van der Waals surface area contributed by atoms with E-state index in [0.717, 1.165) is 25.9 Å². The summed E-state index contributed by atoms with van der Waals surface area (Å²) in [4.78, 5) is 2.36. The van der Waals surface area contributed by atoms with Crippen LogP contribution >= 0.6 is 0 Å². The van der Waals surface area contributed by atoms with Crippen molar-refractivity contribution in [1.29, 1.82) is 0 Å². The SMILES string of the molecule is CC(C)(C)N1CCC(NS(N)(=O)=O)CC1. The van der Waals surface area contributed by atoms with Gasteiger partial charge in [0.25, 0.3) is 10.2 Å². The van der Waals surface area contributed by atoms with Gasteiger partial charge in [-0.05, 0) is 33.6 Å². The molecule has 6 heteroatoms. The van der Waals surface area contributed by atoms with Crippen LogP contribution in [-0.4, -0.2) is 38.0 Å². The molecule has 0 amide bonds. The van der Waals surface area contributed by atoms with Crippen LogP contribution in [0.1, 0.15) is 33.6 Å². The molecular weight excluding hydrogens is 214 g/mol. The summed E-state index contributed by atoms with van der Waals surface area (Å²) in [5.74, 6) is 0. The van der Waals surface area contributed by atoms with E-state index >= 15 is 0 Å². The van der Waals surface area contributed by atoms with E-state index in [0.29, 0.717) is 0 Å². The number of nitrogens with zero attached hydrogens (tertiary/aromatic N) is 1. The van der Waals surface area contributed by atoms with Gasteiger partial charge in [-0.15, -0.1) is 0 Å². The molecule has 1 fully saturated rings. The standard InChI is InChI=1S/C9H21N3O2S/c1-9(2,3)12-6-4-8(5-7-12)11-15(10,13)14/h8,11H,4-7H2,1-3H3,(H2,10,13,14). The third kappa shape index (κ3) is 4.46. The van der Waals surface area contributed by atoms with Crippen LogP contribution < -0.4 is 9.86 Å². The number of hydrogen-bond acceptors (Lipinski definition) is 3. The van der Waals surface area contributed by atoms with Crippen molar-refractivity contribution in [3.8, 4) is 0 Å². The number of piperidine rings is 1. The molecule has 5 nitrogen and oxygen atoms in total. The Morgan fingerprint density at radius 2 is 1.73 bits per heavy atom. The summed E-state index contributed by atoms with van der Waals surface area (Å²) in [5.41, 5.74) is 0.159. The monoisotopic (exact) mass is 235 g/mol. The van der Waals surface area contributed by atoms with E-state index in [1.54, 1.807) is 0 Å². The highest BCUT2D eigenvalue weighted by molar-refractivity contribution is 7.87. The van der Waals surface area contributed by atoms with E-state index in [-0.39, 0.29) is 11.6 Å². The minimum Gasteiger partial charge on any atom is -0.298 e. The van der Waals surface area contributed by atoms with Crippen LogP contribution in [0.15, 0.2) is 0 Å². The van der Waals surface area contributed by atoms with Crippen molar-refractivity contribution in [2.75, 3.05) is 13.1 Å². The minimum absolute atomic E-state index is 0.00130. The van der Waals surface area contributed by atoms with Crippen LogP contribution in [0.4, 0.5) is 0 Å². The Hall–Kier alpha value is -0.170. The van der Waals surface area contributed by atoms with Crippen molar-refractivity contribution in [3.05, 3.63) is 0 Å². The number of hydrogen-bond donors (Lipinski definition) is 2. The first-order chi connectivity index (χ1) is 6.68. The summed E-state index contributed by atoms with van der Waals surface area (Å²) in [6.45, 7) is 8.33. The summed E-state index contributed by atoms with van der Waals surface area (Å²) in [7, 11) is -3.55. The zero-order valence-corrected chi connectivity index (χ0v) is 10.5. The second-order valence-electron chi connectivity index (χ2n) is 5.10. The van der Waals surface area contributed by atoms with Crippen LogP contribution in [0.3, 0.4) is 0 Å². The minimum atomic E-state index is -3.55. The van der Waals surface area contributed by atoms with E-state index < -0.39 is 10.2 Å². The van der Waals surface area contributed by atoms with Crippen molar-refractivity contribution >= 4 is 10.2 Å². The molecule has 0 saturated carbocycles. The Labute approximate surface area is 92.2 Å². The van der Waals surface area contributed by atoms with Crippen molar-refractivity contribution in [1.82, 2.24) is 9.62 Å². The summed E-state index contributed by atoms with van der Waals surface area (Å²) in [6.07, 6.45) is 1.65. The van der Waals surface area contributed by atoms with Gasteiger partial charge in [-0.25, -0.2) is 5.14 Å². The van der Waals surface area contributed by atoms with E-state index in [1.165, 1.54) is 0 Å². The molecule has 1 heterocycles. The van der Waals surface area contributed by atoms with Crippen LogP contribution in [-0.2, 0) is 10.2 Å². The second kappa shape index (κ2) is 4.37. The molecule has 90 valence electrons. The first kappa shape index (κ1) is 12.9. The predicted molar refractivity (Wildman–Crippen MR) is 60.6 cm³/mol. The molecule has 1 aliphatic heterocycles. The Balaban J connectivity index is 2.43. The van der Waals surface area contributed by atoms with Crippen LogP contribution in [0.2, 0.25) is 0 Å². The summed E-state index contributed by atoms with van der Waals surface area (Å²) in [6, 6.07) is -0.00130. The molecule has 15 heavy (non-hydrogen) atoms. The molecule has 1 rings (SSSR count). The molecule has 0 spiro atoms. The van der Waals surface area contributed by atoms with Crippen LogP contribution in [0.25, 0.3) is 0 Å². The van der Waals surface area contributed by atoms with Crippen LogP contribution in [0, 0.1) is 0 Å². The summed E-state index contributed by atoms with van der Waals surface area (Å²) in [5, 5.41) is 4.93. The third-order valence-corrected chi connectivity index (χ3v) is 3.44. The topological polar surface area (TPSA) is 75.4 Å². The highest BCUT2D eigenvalue weighted by Gasteiger charge is 2.27. The van der Waals surface area contributed by atoms with Crippen LogP contribution in [0.5, 0.6) is 0 Å². The molecule has 0 aromatic heterocycles. The Bertz CT molecular complexity index is 300. The molecule has 3 N–H and O–H groups in total. The van der Waals surface area contributed by atoms with Gasteiger partial charge in [0.2, 0.25) is 0 Å². The molecule has 0 aromatic rings. The molecule has 0 bridgehead atoms. The maximum absolute atomic E-state index is 10.8. The number of likely N-dealkylation sites (tertiary alicyclic amines) is 1. The van der Waals surface area contributed by atoms with E-state index in [4.69, 9.17) is 5.14 Å². The van der Waals surface area contributed by atoms with Crippen molar-refractivity contribution < 1.29 is 8.42 Å². The number of nitrogens with one attached hydrogen (secondary N) is 1.